The van der Waals surface area contributed by atoms with Crippen LogP contribution in [0.1, 0.15) is 23.3 Å². The second-order valence-corrected chi connectivity index (χ2v) is 6.29. The van der Waals surface area contributed by atoms with Gasteiger partial charge in [-0.25, -0.2) is 9.37 Å². The highest BCUT2D eigenvalue weighted by Gasteiger charge is 2.34. The van der Waals surface area contributed by atoms with Crippen LogP contribution in [0.3, 0.4) is 0 Å². The van der Waals surface area contributed by atoms with E-state index < -0.39 is 0 Å². The molecule has 0 aliphatic heterocycles. The van der Waals surface area contributed by atoms with Crippen LogP contribution in [-0.4, -0.2) is 34.9 Å². The summed E-state index contributed by atoms with van der Waals surface area (Å²) < 4.78 is 13.1. The topological polar surface area (TPSA) is 85.2 Å². The van der Waals surface area contributed by atoms with Gasteiger partial charge in [-0.1, -0.05) is 23.5 Å². The number of halogens is 1. The van der Waals surface area contributed by atoms with E-state index in [4.69, 9.17) is 11.5 Å². The van der Waals surface area contributed by atoms with Crippen LogP contribution < -0.4 is 11.5 Å². The first kappa shape index (κ1) is 14.9. The van der Waals surface area contributed by atoms with E-state index in [-0.39, 0.29) is 17.8 Å². The molecule has 1 aliphatic rings. The second kappa shape index (κ2) is 6.02. The SMILES string of the molecule is NCCN(C(=O)c1nc(N)sc1-c1ccc(F)cc1)C1CC1. The molecule has 1 amide bonds. The molecule has 3 rings (SSSR count). The van der Waals surface area contributed by atoms with Crippen molar-refractivity contribution in [2.24, 2.45) is 5.73 Å². The summed E-state index contributed by atoms with van der Waals surface area (Å²) in [6, 6.07) is 6.23. The lowest BCUT2D eigenvalue weighted by molar-refractivity contribution is 0.0744. The number of anilines is 1. The van der Waals surface area contributed by atoms with Crippen LogP contribution >= 0.6 is 11.3 Å². The number of hydrogen-bond acceptors (Lipinski definition) is 5. The van der Waals surface area contributed by atoms with Crippen LogP contribution in [0, 0.1) is 5.82 Å². The van der Waals surface area contributed by atoms with Gasteiger partial charge in [0.2, 0.25) is 0 Å². The zero-order chi connectivity index (χ0) is 15.7. The van der Waals surface area contributed by atoms with Crippen molar-refractivity contribution in [2.45, 2.75) is 18.9 Å². The van der Waals surface area contributed by atoms with E-state index in [1.807, 2.05) is 0 Å². The van der Waals surface area contributed by atoms with Gasteiger partial charge in [0.25, 0.3) is 5.91 Å². The molecule has 22 heavy (non-hydrogen) atoms. The number of carbonyl (C=O) groups is 1. The summed E-state index contributed by atoms with van der Waals surface area (Å²) in [5, 5.41) is 0.325. The maximum absolute atomic E-state index is 13.1. The van der Waals surface area contributed by atoms with Crippen molar-refractivity contribution >= 4 is 22.4 Å². The molecule has 5 nitrogen and oxygen atoms in total. The van der Waals surface area contributed by atoms with Gasteiger partial charge in [-0.05, 0) is 30.5 Å². The quantitative estimate of drug-likeness (QED) is 0.883. The summed E-state index contributed by atoms with van der Waals surface area (Å²) in [4.78, 5) is 19.4. The zero-order valence-corrected chi connectivity index (χ0v) is 12.8. The van der Waals surface area contributed by atoms with E-state index >= 15 is 0 Å². The molecule has 116 valence electrons. The van der Waals surface area contributed by atoms with Crippen molar-refractivity contribution in [3.63, 3.8) is 0 Å². The van der Waals surface area contributed by atoms with Crippen LogP contribution in [0.25, 0.3) is 10.4 Å². The Kier molecular flexibility index (Phi) is 4.08. The Morgan fingerprint density at radius 3 is 2.64 bits per heavy atom. The summed E-state index contributed by atoms with van der Waals surface area (Å²) in [6.45, 7) is 0.914. The predicted octanol–water partition coefficient (Wildman–Crippen LogP) is 2.09. The Labute approximate surface area is 131 Å². The summed E-state index contributed by atoms with van der Waals surface area (Å²) in [6.07, 6.45) is 1.99. The van der Waals surface area contributed by atoms with Gasteiger partial charge in [0.15, 0.2) is 5.13 Å². The lowest BCUT2D eigenvalue weighted by atomic mass is 10.1. The summed E-state index contributed by atoms with van der Waals surface area (Å²) in [5.41, 5.74) is 12.5. The first-order valence-electron chi connectivity index (χ1n) is 7.13. The normalized spacial score (nSPS) is 14.1. The summed E-state index contributed by atoms with van der Waals surface area (Å²) in [5.74, 6) is -0.475. The molecule has 1 aromatic heterocycles. The lowest BCUT2D eigenvalue weighted by Gasteiger charge is -2.21. The van der Waals surface area contributed by atoms with Crippen LogP contribution in [0.2, 0.25) is 0 Å². The zero-order valence-electron chi connectivity index (χ0n) is 12.0. The molecular weight excluding hydrogens is 303 g/mol. The fourth-order valence-corrected chi connectivity index (χ4v) is 3.22. The predicted molar refractivity (Wildman–Crippen MR) is 85.0 cm³/mol. The lowest BCUT2D eigenvalue weighted by Crippen LogP contribution is -2.37. The van der Waals surface area contributed by atoms with Crippen molar-refractivity contribution in [1.29, 1.82) is 0 Å². The summed E-state index contributed by atoms with van der Waals surface area (Å²) in [7, 11) is 0. The third-order valence-electron chi connectivity index (χ3n) is 3.57. The summed E-state index contributed by atoms with van der Waals surface area (Å²) >= 11 is 1.23. The maximum atomic E-state index is 13.1. The molecule has 1 saturated carbocycles. The van der Waals surface area contributed by atoms with Crippen molar-refractivity contribution in [2.75, 3.05) is 18.8 Å². The molecule has 1 aliphatic carbocycles. The van der Waals surface area contributed by atoms with Crippen LogP contribution in [0.4, 0.5) is 9.52 Å². The molecular formula is C15H17FN4OS. The molecule has 7 heteroatoms. The highest BCUT2D eigenvalue weighted by Crippen LogP contribution is 2.35. The maximum Gasteiger partial charge on any atom is 0.274 e. The van der Waals surface area contributed by atoms with Crippen LogP contribution in [0.5, 0.6) is 0 Å². The minimum atomic E-state index is -0.322. The van der Waals surface area contributed by atoms with E-state index in [0.717, 1.165) is 18.4 Å². The molecule has 0 atom stereocenters. The van der Waals surface area contributed by atoms with Gasteiger partial charge < -0.3 is 16.4 Å². The minimum Gasteiger partial charge on any atom is -0.375 e. The molecule has 1 aromatic carbocycles. The molecule has 1 fully saturated rings. The average Bonchev–Trinajstić information content (AvgIpc) is 3.27. The van der Waals surface area contributed by atoms with Gasteiger partial charge in [-0.15, -0.1) is 0 Å². The minimum absolute atomic E-state index is 0.153. The number of hydrogen-bond donors (Lipinski definition) is 2. The number of nitrogens with two attached hydrogens (primary N) is 2. The Morgan fingerprint density at radius 1 is 1.36 bits per heavy atom. The van der Waals surface area contributed by atoms with E-state index in [1.165, 1.54) is 23.5 Å². The average molecular weight is 320 g/mol. The molecule has 0 radical (unpaired) electrons. The van der Waals surface area contributed by atoms with E-state index in [9.17, 15) is 9.18 Å². The van der Waals surface area contributed by atoms with E-state index in [0.29, 0.717) is 28.8 Å². The van der Waals surface area contributed by atoms with E-state index in [1.54, 1.807) is 17.0 Å². The van der Waals surface area contributed by atoms with Crippen molar-refractivity contribution in [3.05, 3.63) is 35.8 Å². The Bertz CT molecular complexity index is 681. The molecule has 2 aromatic rings. The number of benzene rings is 1. The van der Waals surface area contributed by atoms with Gasteiger partial charge in [0.1, 0.15) is 11.5 Å². The second-order valence-electron chi connectivity index (χ2n) is 5.26. The molecule has 0 unspecified atom stereocenters. The number of thiazole rings is 1. The Hall–Kier alpha value is -1.99. The van der Waals surface area contributed by atoms with Gasteiger partial charge in [0.05, 0.1) is 4.88 Å². The number of aromatic nitrogens is 1. The van der Waals surface area contributed by atoms with Gasteiger partial charge in [-0.2, -0.15) is 0 Å². The Balaban J connectivity index is 1.96. The molecule has 0 bridgehead atoms. The largest absolute Gasteiger partial charge is 0.375 e. The first-order valence-corrected chi connectivity index (χ1v) is 7.95. The Morgan fingerprint density at radius 2 is 2.05 bits per heavy atom. The number of nitrogens with zero attached hydrogens (tertiary/aromatic N) is 2. The van der Waals surface area contributed by atoms with Crippen molar-refractivity contribution in [3.8, 4) is 10.4 Å². The monoisotopic (exact) mass is 320 g/mol. The number of carbonyl (C=O) groups excluding carboxylic acids is 1. The smallest absolute Gasteiger partial charge is 0.274 e. The van der Waals surface area contributed by atoms with Crippen molar-refractivity contribution < 1.29 is 9.18 Å². The molecule has 0 spiro atoms. The highest BCUT2D eigenvalue weighted by atomic mass is 32.1. The van der Waals surface area contributed by atoms with Crippen LogP contribution in [0.15, 0.2) is 24.3 Å². The first-order chi connectivity index (χ1) is 10.6. The number of rotatable bonds is 5. The third kappa shape index (κ3) is 2.95. The van der Waals surface area contributed by atoms with Gasteiger partial charge >= 0.3 is 0 Å². The van der Waals surface area contributed by atoms with Crippen LogP contribution in [-0.2, 0) is 0 Å². The van der Waals surface area contributed by atoms with Crippen molar-refractivity contribution in [1.82, 2.24) is 9.88 Å². The number of amides is 1. The molecule has 1 heterocycles. The fraction of sp³-hybridized carbons (Fsp3) is 0.333. The standard InChI is InChI=1S/C15H17FN4OS/c16-10-3-1-9(2-4-10)13-12(19-15(18)22-13)14(21)20(8-7-17)11-5-6-11/h1-4,11H,5-8,17H2,(H2,18,19). The molecule has 4 N–H and O–H groups in total. The third-order valence-corrected chi connectivity index (χ3v) is 4.50. The van der Waals surface area contributed by atoms with Gasteiger partial charge in [0, 0.05) is 19.1 Å². The fourth-order valence-electron chi connectivity index (χ4n) is 2.39. The molecule has 0 saturated heterocycles. The highest BCUT2D eigenvalue weighted by molar-refractivity contribution is 7.19. The van der Waals surface area contributed by atoms with E-state index in [2.05, 4.69) is 4.98 Å². The van der Waals surface area contributed by atoms with Gasteiger partial charge in [-0.3, -0.25) is 4.79 Å². The number of nitrogen functional groups attached to an aromatic ring is 1.